The monoisotopic (exact) mass is 470 g/mol. The van der Waals surface area contributed by atoms with Gasteiger partial charge in [-0.25, -0.2) is 4.98 Å². The molecule has 0 radical (unpaired) electrons. The van der Waals surface area contributed by atoms with Gasteiger partial charge < -0.3 is 14.4 Å². The summed E-state index contributed by atoms with van der Waals surface area (Å²) in [4.78, 5) is 20.5. The summed E-state index contributed by atoms with van der Waals surface area (Å²) in [5.41, 5.74) is 3.47. The molecule has 1 saturated heterocycles. The summed E-state index contributed by atoms with van der Waals surface area (Å²) < 4.78 is 12.6. The second kappa shape index (κ2) is 10.6. The Morgan fingerprint density at radius 3 is 2.53 bits per heavy atom. The molecule has 2 aromatic carbocycles. The molecule has 1 amide bonds. The van der Waals surface area contributed by atoms with Crippen LogP contribution in [0.3, 0.4) is 0 Å². The second-order valence-corrected chi connectivity index (χ2v) is 10.3. The number of methoxy groups -OCH3 is 1. The standard InChI is InChI=1S/C25H30N2O3S2/c1-17-6-7-18(2)24-23(17)26-25(32-24)30-20-12-14-27(15-13-20)22(28)5-4-16-31-21-10-8-19(29-3)9-11-21/h6-11,20H,4-5,12-16H2,1-3H3. The van der Waals surface area contributed by atoms with Gasteiger partial charge in [0.1, 0.15) is 11.9 Å². The van der Waals surface area contributed by atoms with Gasteiger partial charge >= 0.3 is 0 Å². The maximum atomic E-state index is 12.6. The smallest absolute Gasteiger partial charge is 0.274 e. The molecule has 4 rings (SSSR count). The van der Waals surface area contributed by atoms with E-state index in [2.05, 4.69) is 38.1 Å². The van der Waals surface area contributed by atoms with Crippen molar-refractivity contribution in [2.75, 3.05) is 26.0 Å². The highest BCUT2D eigenvalue weighted by Crippen LogP contribution is 2.33. The molecule has 3 aromatic rings. The molecule has 0 aliphatic carbocycles. The number of nitrogens with zero attached hydrogens (tertiary/aromatic N) is 2. The number of thioether (sulfide) groups is 1. The van der Waals surface area contributed by atoms with Gasteiger partial charge in [0.05, 0.1) is 17.3 Å². The van der Waals surface area contributed by atoms with E-state index in [1.54, 1.807) is 30.2 Å². The summed E-state index contributed by atoms with van der Waals surface area (Å²) >= 11 is 3.41. The highest BCUT2D eigenvalue weighted by Gasteiger charge is 2.24. The SMILES string of the molecule is COc1ccc(SCCCC(=O)N2CCC(Oc3nc4c(C)ccc(C)c4s3)CC2)cc1. The van der Waals surface area contributed by atoms with Crippen LogP contribution in [0.4, 0.5) is 0 Å². The van der Waals surface area contributed by atoms with Crippen LogP contribution in [0.1, 0.15) is 36.8 Å². The minimum absolute atomic E-state index is 0.130. The Morgan fingerprint density at radius 1 is 1.12 bits per heavy atom. The lowest BCUT2D eigenvalue weighted by atomic mass is 10.1. The largest absolute Gasteiger partial charge is 0.497 e. The first-order chi connectivity index (χ1) is 15.5. The summed E-state index contributed by atoms with van der Waals surface area (Å²) in [5, 5.41) is 0.748. The highest BCUT2D eigenvalue weighted by atomic mass is 32.2. The average molecular weight is 471 g/mol. The van der Waals surface area contributed by atoms with Gasteiger partial charge in [-0.3, -0.25) is 4.79 Å². The van der Waals surface area contributed by atoms with Crippen LogP contribution in [0.2, 0.25) is 0 Å². The van der Waals surface area contributed by atoms with Crippen molar-refractivity contribution in [2.45, 2.75) is 50.5 Å². The molecule has 170 valence electrons. The van der Waals surface area contributed by atoms with Crippen LogP contribution < -0.4 is 9.47 Å². The number of carbonyl (C=O) groups excluding carboxylic acids is 1. The van der Waals surface area contributed by atoms with Gasteiger partial charge in [-0.05, 0) is 61.4 Å². The van der Waals surface area contributed by atoms with Gasteiger partial charge in [0.15, 0.2) is 0 Å². The van der Waals surface area contributed by atoms with E-state index >= 15 is 0 Å². The molecule has 2 heterocycles. The van der Waals surface area contributed by atoms with Crippen LogP contribution in [-0.2, 0) is 4.79 Å². The molecule has 1 fully saturated rings. The van der Waals surface area contributed by atoms with Crippen molar-refractivity contribution in [3.05, 3.63) is 47.5 Å². The summed E-state index contributed by atoms with van der Waals surface area (Å²) in [6.45, 7) is 5.73. The number of carbonyl (C=O) groups is 1. The molecule has 0 N–H and O–H groups in total. The quantitative estimate of drug-likeness (QED) is 0.305. The molecule has 1 aromatic heterocycles. The van der Waals surface area contributed by atoms with Crippen LogP contribution in [0.5, 0.6) is 10.9 Å². The van der Waals surface area contributed by atoms with Gasteiger partial charge in [-0.2, -0.15) is 0 Å². The third kappa shape index (κ3) is 5.56. The molecular formula is C25H30N2O3S2. The van der Waals surface area contributed by atoms with E-state index in [0.717, 1.165) is 54.6 Å². The molecule has 1 aliphatic heterocycles. The average Bonchev–Trinajstić information content (AvgIpc) is 3.25. The first-order valence-electron chi connectivity index (χ1n) is 11.1. The number of benzene rings is 2. The summed E-state index contributed by atoms with van der Waals surface area (Å²) in [5.74, 6) is 2.06. The summed E-state index contributed by atoms with van der Waals surface area (Å²) in [6, 6.07) is 12.3. The Hall–Kier alpha value is -2.25. The topological polar surface area (TPSA) is 51.7 Å². The van der Waals surface area contributed by atoms with Crippen molar-refractivity contribution in [2.24, 2.45) is 0 Å². The number of thiazole rings is 1. The molecule has 1 aliphatic rings. The molecule has 0 unspecified atom stereocenters. The Kier molecular flexibility index (Phi) is 7.58. The van der Waals surface area contributed by atoms with Gasteiger partial charge in [-0.1, -0.05) is 23.5 Å². The number of likely N-dealkylation sites (tertiary alicyclic amines) is 1. The number of rotatable bonds is 8. The fourth-order valence-electron chi connectivity index (χ4n) is 3.90. The molecule has 0 spiro atoms. The summed E-state index contributed by atoms with van der Waals surface area (Å²) in [7, 11) is 1.67. The Morgan fingerprint density at radius 2 is 1.84 bits per heavy atom. The number of hydrogen-bond acceptors (Lipinski definition) is 6. The van der Waals surface area contributed by atoms with Crippen molar-refractivity contribution >= 4 is 39.2 Å². The van der Waals surface area contributed by atoms with Crippen molar-refractivity contribution in [3.8, 4) is 10.9 Å². The van der Waals surface area contributed by atoms with Gasteiger partial charge in [0.2, 0.25) is 5.91 Å². The van der Waals surface area contributed by atoms with Gasteiger partial charge in [0.25, 0.3) is 5.19 Å². The van der Waals surface area contributed by atoms with E-state index in [4.69, 9.17) is 14.5 Å². The Balaban J connectivity index is 1.19. The third-order valence-electron chi connectivity index (χ3n) is 5.85. The fourth-order valence-corrected chi connectivity index (χ4v) is 5.78. The molecule has 7 heteroatoms. The van der Waals surface area contributed by atoms with Crippen LogP contribution in [0.25, 0.3) is 10.2 Å². The van der Waals surface area contributed by atoms with Crippen molar-refractivity contribution in [1.82, 2.24) is 9.88 Å². The summed E-state index contributed by atoms with van der Waals surface area (Å²) in [6.07, 6.45) is 3.34. The van der Waals surface area contributed by atoms with Crippen molar-refractivity contribution in [1.29, 1.82) is 0 Å². The fraction of sp³-hybridized carbons (Fsp3) is 0.440. The van der Waals surface area contributed by atoms with Gasteiger partial charge in [-0.15, -0.1) is 11.8 Å². The van der Waals surface area contributed by atoms with Crippen LogP contribution in [0, 0.1) is 13.8 Å². The Bertz CT molecular complexity index is 1020. The number of fused-ring (bicyclic) bond motifs is 1. The predicted molar refractivity (Wildman–Crippen MR) is 132 cm³/mol. The van der Waals surface area contributed by atoms with E-state index in [1.807, 2.05) is 17.0 Å². The minimum atomic E-state index is 0.130. The van der Waals surface area contributed by atoms with Crippen LogP contribution in [0.15, 0.2) is 41.3 Å². The number of aryl methyl sites for hydroxylation is 2. The van der Waals surface area contributed by atoms with Crippen LogP contribution in [-0.4, -0.2) is 47.8 Å². The molecule has 0 saturated carbocycles. The number of ether oxygens (including phenoxy) is 2. The van der Waals surface area contributed by atoms with Crippen molar-refractivity contribution < 1.29 is 14.3 Å². The zero-order valence-electron chi connectivity index (χ0n) is 18.9. The minimum Gasteiger partial charge on any atom is -0.497 e. The number of aromatic nitrogens is 1. The number of hydrogen-bond donors (Lipinski definition) is 0. The maximum Gasteiger partial charge on any atom is 0.274 e. The number of amides is 1. The zero-order chi connectivity index (χ0) is 22.5. The Labute approximate surface area is 198 Å². The van der Waals surface area contributed by atoms with E-state index in [0.29, 0.717) is 6.42 Å². The predicted octanol–water partition coefficient (Wildman–Crippen LogP) is 5.86. The van der Waals surface area contributed by atoms with Crippen LogP contribution >= 0.6 is 23.1 Å². The molecular weight excluding hydrogens is 440 g/mol. The normalized spacial score (nSPS) is 14.7. The second-order valence-electron chi connectivity index (χ2n) is 8.18. The van der Waals surface area contributed by atoms with E-state index in [1.165, 1.54) is 20.7 Å². The van der Waals surface area contributed by atoms with E-state index in [-0.39, 0.29) is 12.0 Å². The molecule has 5 nitrogen and oxygen atoms in total. The number of piperidine rings is 1. The lowest BCUT2D eigenvalue weighted by Gasteiger charge is -2.31. The third-order valence-corrected chi connectivity index (χ3v) is 8.03. The zero-order valence-corrected chi connectivity index (χ0v) is 20.6. The molecule has 0 atom stereocenters. The highest BCUT2D eigenvalue weighted by molar-refractivity contribution is 7.99. The maximum absolute atomic E-state index is 12.6. The van der Waals surface area contributed by atoms with Crippen molar-refractivity contribution in [3.63, 3.8) is 0 Å². The first-order valence-corrected chi connectivity index (χ1v) is 12.9. The lowest BCUT2D eigenvalue weighted by molar-refractivity contribution is -0.133. The van der Waals surface area contributed by atoms with E-state index < -0.39 is 0 Å². The van der Waals surface area contributed by atoms with Gasteiger partial charge in [0, 0.05) is 37.2 Å². The first kappa shape index (κ1) is 22.9. The lowest BCUT2D eigenvalue weighted by Crippen LogP contribution is -2.41. The van der Waals surface area contributed by atoms with E-state index in [9.17, 15) is 4.79 Å². The molecule has 32 heavy (non-hydrogen) atoms. The molecule has 0 bridgehead atoms.